The third-order valence-electron chi connectivity index (χ3n) is 1.58. The molecule has 0 aliphatic heterocycles. The second kappa shape index (κ2) is 5.81. The van der Waals surface area contributed by atoms with Crippen molar-refractivity contribution >= 4 is 11.8 Å². The molecule has 0 radical (unpaired) electrons. The molecular formula is C11H13FS. The summed E-state index contributed by atoms with van der Waals surface area (Å²) in [6.07, 6.45) is 4.26. The fourth-order valence-electron chi connectivity index (χ4n) is 0.896. The van der Waals surface area contributed by atoms with Gasteiger partial charge in [0.25, 0.3) is 0 Å². The van der Waals surface area contributed by atoms with E-state index in [1.54, 1.807) is 12.1 Å². The van der Waals surface area contributed by atoms with E-state index in [9.17, 15) is 4.39 Å². The van der Waals surface area contributed by atoms with Crippen molar-refractivity contribution in [1.82, 2.24) is 0 Å². The van der Waals surface area contributed by atoms with Crippen LogP contribution in [0.3, 0.4) is 0 Å². The van der Waals surface area contributed by atoms with Gasteiger partial charge in [-0.15, -0.1) is 0 Å². The van der Waals surface area contributed by atoms with Crippen molar-refractivity contribution in [2.75, 3.05) is 0 Å². The van der Waals surface area contributed by atoms with Crippen LogP contribution in [0.25, 0.3) is 0 Å². The molecule has 0 fully saturated rings. The lowest BCUT2D eigenvalue weighted by molar-refractivity contribution is 0.602. The quantitative estimate of drug-likeness (QED) is 0.649. The molecule has 0 aromatic heterocycles. The highest BCUT2D eigenvalue weighted by Crippen LogP contribution is 2.22. The SMILES string of the molecule is CCCC=CSc1ccccc1F. The maximum absolute atomic E-state index is 13.0. The van der Waals surface area contributed by atoms with Gasteiger partial charge in [0.15, 0.2) is 0 Å². The number of hydrogen-bond acceptors (Lipinski definition) is 1. The molecule has 1 aromatic carbocycles. The van der Waals surface area contributed by atoms with Crippen molar-refractivity contribution in [2.45, 2.75) is 24.7 Å². The van der Waals surface area contributed by atoms with Crippen molar-refractivity contribution in [3.8, 4) is 0 Å². The van der Waals surface area contributed by atoms with E-state index in [-0.39, 0.29) is 5.82 Å². The summed E-state index contributed by atoms with van der Waals surface area (Å²) in [6, 6.07) is 6.82. The minimum atomic E-state index is -0.145. The number of halogens is 1. The molecule has 0 unspecified atom stereocenters. The first kappa shape index (κ1) is 10.3. The molecular weight excluding hydrogens is 183 g/mol. The first-order valence-corrected chi connectivity index (χ1v) is 5.28. The predicted molar refractivity (Wildman–Crippen MR) is 56.3 cm³/mol. The first-order valence-electron chi connectivity index (χ1n) is 4.40. The molecule has 2 heteroatoms. The predicted octanol–water partition coefficient (Wildman–Crippen LogP) is 4.23. The van der Waals surface area contributed by atoms with Gasteiger partial charge >= 0.3 is 0 Å². The van der Waals surface area contributed by atoms with E-state index in [1.165, 1.54) is 17.8 Å². The molecule has 0 amide bonds. The zero-order valence-corrected chi connectivity index (χ0v) is 8.48. The molecule has 0 atom stereocenters. The molecule has 0 spiro atoms. The summed E-state index contributed by atoms with van der Waals surface area (Å²) in [5.41, 5.74) is 0. The second-order valence-corrected chi connectivity index (χ2v) is 3.66. The van der Waals surface area contributed by atoms with Gasteiger partial charge in [0.2, 0.25) is 0 Å². The Labute approximate surface area is 82.9 Å². The average Bonchev–Trinajstić information content (AvgIpc) is 2.15. The Kier molecular flexibility index (Phi) is 4.61. The topological polar surface area (TPSA) is 0 Å². The van der Waals surface area contributed by atoms with Gasteiger partial charge < -0.3 is 0 Å². The van der Waals surface area contributed by atoms with Gasteiger partial charge in [0.05, 0.1) is 0 Å². The number of allylic oxidation sites excluding steroid dienone is 1. The summed E-state index contributed by atoms with van der Waals surface area (Å²) in [4.78, 5) is 0.690. The Bertz CT molecular complexity index is 281. The zero-order chi connectivity index (χ0) is 9.52. The highest BCUT2D eigenvalue weighted by atomic mass is 32.2. The van der Waals surface area contributed by atoms with Crippen LogP contribution in [0.1, 0.15) is 19.8 Å². The van der Waals surface area contributed by atoms with Crippen LogP contribution in [0.4, 0.5) is 4.39 Å². The molecule has 0 N–H and O–H groups in total. The molecule has 0 aliphatic rings. The van der Waals surface area contributed by atoms with Gasteiger partial charge in [-0.25, -0.2) is 4.39 Å². The van der Waals surface area contributed by atoms with Gasteiger partial charge in [-0.2, -0.15) is 0 Å². The lowest BCUT2D eigenvalue weighted by Crippen LogP contribution is -1.75. The van der Waals surface area contributed by atoms with Crippen LogP contribution >= 0.6 is 11.8 Å². The van der Waals surface area contributed by atoms with E-state index in [4.69, 9.17) is 0 Å². The van der Waals surface area contributed by atoms with Crippen LogP contribution in [0.5, 0.6) is 0 Å². The van der Waals surface area contributed by atoms with Crippen molar-refractivity contribution in [3.63, 3.8) is 0 Å². The van der Waals surface area contributed by atoms with Gasteiger partial charge in [0, 0.05) is 4.90 Å². The average molecular weight is 196 g/mol. The Balaban J connectivity index is 2.49. The molecule has 0 nitrogen and oxygen atoms in total. The Morgan fingerprint density at radius 3 is 2.85 bits per heavy atom. The lowest BCUT2D eigenvalue weighted by Gasteiger charge is -1.96. The summed E-state index contributed by atoms with van der Waals surface area (Å²) in [6.45, 7) is 2.12. The molecule has 13 heavy (non-hydrogen) atoms. The molecule has 70 valence electrons. The van der Waals surface area contributed by atoms with Crippen molar-refractivity contribution in [2.24, 2.45) is 0 Å². The van der Waals surface area contributed by atoms with Crippen LogP contribution in [-0.2, 0) is 0 Å². The van der Waals surface area contributed by atoms with E-state index in [0.717, 1.165) is 12.8 Å². The summed E-state index contributed by atoms with van der Waals surface area (Å²) in [5.74, 6) is -0.145. The highest BCUT2D eigenvalue weighted by molar-refractivity contribution is 8.02. The third-order valence-corrected chi connectivity index (χ3v) is 2.50. The molecule has 0 aliphatic carbocycles. The molecule has 0 saturated carbocycles. The maximum Gasteiger partial charge on any atom is 0.137 e. The van der Waals surface area contributed by atoms with Crippen LogP contribution < -0.4 is 0 Å². The Morgan fingerprint density at radius 2 is 2.15 bits per heavy atom. The van der Waals surface area contributed by atoms with Crippen LogP contribution in [0, 0.1) is 5.82 Å². The van der Waals surface area contributed by atoms with Crippen LogP contribution in [-0.4, -0.2) is 0 Å². The van der Waals surface area contributed by atoms with Crippen LogP contribution in [0.15, 0.2) is 40.6 Å². The highest BCUT2D eigenvalue weighted by Gasteiger charge is 1.96. The number of rotatable bonds is 4. The minimum Gasteiger partial charge on any atom is -0.206 e. The maximum atomic E-state index is 13.0. The van der Waals surface area contributed by atoms with E-state index in [0.29, 0.717) is 4.90 Å². The normalized spacial score (nSPS) is 10.9. The van der Waals surface area contributed by atoms with E-state index < -0.39 is 0 Å². The smallest absolute Gasteiger partial charge is 0.137 e. The number of thioether (sulfide) groups is 1. The fourth-order valence-corrected chi connectivity index (χ4v) is 1.61. The zero-order valence-electron chi connectivity index (χ0n) is 7.66. The van der Waals surface area contributed by atoms with Gasteiger partial charge in [-0.1, -0.05) is 43.3 Å². The second-order valence-electron chi connectivity index (χ2n) is 2.71. The van der Waals surface area contributed by atoms with Gasteiger partial charge in [0.1, 0.15) is 5.82 Å². The van der Waals surface area contributed by atoms with Crippen molar-refractivity contribution in [1.29, 1.82) is 0 Å². The minimum absolute atomic E-state index is 0.145. The fraction of sp³-hybridized carbons (Fsp3) is 0.273. The molecule has 0 heterocycles. The van der Waals surface area contributed by atoms with Gasteiger partial charge in [-0.3, -0.25) is 0 Å². The van der Waals surface area contributed by atoms with E-state index >= 15 is 0 Å². The monoisotopic (exact) mass is 196 g/mol. The molecule has 0 bridgehead atoms. The number of hydrogen-bond donors (Lipinski definition) is 0. The molecule has 0 saturated heterocycles. The van der Waals surface area contributed by atoms with E-state index in [2.05, 4.69) is 13.0 Å². The van der Waals surface area contributed by atoms with Crippen molar-refractivity contribution < 1.29 is 4.39 Å². The Morgan fingerprint density at radius 1 is 1.38 bits per heavy atom. The summed E-state index contributed by atoms with van der Waals surface area (Å²) in [5, 5.41) is 1.95. The number of benzene rings is 1. The summed E-state index contributed by atoms with van der Waals surface area (Å²) < 4.78 is 13.0. The third kappa shape index (κ3) is 3.64. The largest absolute Gasteiger partial charge is 0.206 e. The van der Waals surface area contributed by atoms with Gasteiger partial charge in [-0.05, 0) is 24.0 Å². The number of unbranched alkanes of at least 4 members (excludes halogenated alkanes) is 1. The summed E-state index contributed by atoms with van der Waals surface area (Å²) in [7, 11) is 0. The lowest BCUT2D eigenvalue weighted by atomic mass is 10.3. The van der Waals surface area contributed by atoms with E-state index in [1.807, 2.05) is 11.5 Å². The molecule has 1 aromatic rings. The Hall–Kier alpha value is -0.760. The standard InChI is InChI=1S/C11H13FS/c1-2-3-6-9-13-11-8-5-4-7-10(11)12/h4-9H,2-3H2,1H3. The first-order chi connectivity index (χ1) is 6.34. The van der Waals surface area contributed by atoms with Crippen LogP contribution in [0.2, 0.25) is 0 Å². The van der Waals surface area contributed by atoms with Crippen molar-refractivity contribution in [3.05, 3.63) is 41.6 Å². The summed E-state index contributed by atoms with van der Waals surface area (Å²) >= 11 is 1.43. The molecule has 1 rings (SSSR count).